The minimum absolute atomic E-state index is 0.286. The minimum Gasteiger partial charge on any atom is -0.465 e. The quantitative estimate of drug-likeness (QED) is 0.746. The lowest BCUT2D eigenvalue weighted by molar-refractivity contribution is -0.111. The van der Waals surface area contributed by atoms with Crippen LogP contribution in [0.1, 0.15) is 11.6 Å². The third kappa shape index (κ3) is 3.09. The summed E-state index contributed by atoms with van der Waals surface area (Å²) in [6.07, 6.45) is 11.0. The van der Waals surface area contributed by atoms with Gasteiger partial charge in [-0.15, -0.1) is 0 Å². The number of aryl methyl sites for hydroxylation is 1. The molecule has 0 atom stereocenters. The highest BCUT2D eigenvalue weighted by Gasteiger charge is 2.04. The van der Waals surface area contributed by atoms with Gasteiger partial charge < -0.3 is 9.73 Å². The molecule has 0 aromatic carbocycles. The van der Waals surface area contributed by atoms with Crippen LogP contribution in [-0.2, 0) is 4.79 Å². The van der Waals surface area contributed by atoms with Gasteiger partial charge in [0.2, 0.25) is 11.9 Å². The fourth-order valence-electron chi connectivity index (χ4n) is 1.83. The lowest BCUT2D eigenvalue weighted by atomic mass is 10.4. The van der Waals surface area contributed by atoms with Gasteiger partial charge in [0.05, 0.1) is 24.3 Å². The molecule has 0 aliphatic heterocycles. The van der Waals surface area contributed by atoms with Gasteiger partial charge in [-0.25, -0.2) is 15.0 Å². The van der Waals surface area contributed by atoms with Crippen molar-refractivity contribution in [1.82, 2.24) is 19.5 Å². The zero-order chi connectivity index (χ0) is 15.4. The summed E-state index contributed by atoms with van der Waals surface area (Å²) in [6, 6.07) is 3.51. The summed E-state index contributed by atoms with van der Waals surface area (Å²) in [5.41, 5.74) is 0.510. The number of aromatic nitrogens is 4. The highest BCUT2D eigenvalue weighted by atomic mass is 16.3. The monoisotopic (exact) mass is 295 g/mol. The van der Waals surface area contributed by atoms with E-state index in [1.165, 1.54) is 6.08 Å². The minimum atomic E-state index is -0.286. The molecule has 1 N–H and O–H groups in total. The van der Waals surface area contributed by atoms with E-state index in [0.29, 0.717) is 17.4 Å². The van der Waals surface area contributed by atoms with Crippen molar-refractivity contribution in [2.24, 2.45) is 0 Å². The number of rotatable bonds is 4. The summed E-state index contributed by atoms with van der Waals surface area (Å²) >= 11 is 0. The molecule has 3 heterocycles. The molecule has 0 fully saturated rings. The van der Waals surface area contributed by atoms with Gasteiger partial charge in [-0.1, -0.05) is 0 Å². The number of carbonyl (C=O) groups is 1. The van der Waals surface area contributed by atoms with Crippen LogP contribution in [0.2, 0.25) is 0 Å². The van der Waals surface area contributed by atoms with E-state index < -0.39 is 0 Å². The lowest BCUT2D eigenvalue weighted by Crippen LogP contribution is -2.09. The summed E-state index contributed by atoms with van der Waals surface area (Å²) in [7, 11) is 0. The summed E-state index contributed by atoms with van der Waals surface area (Å²) < 4.78 is 6.85. The highest BCUT2D eigenvalue weighted by molar-refractivity contribution is 6.01. The predicted molar refractivity (Wildman–Crippen MR) is 80.3 cm³/mol. The fraction of sp³-hybridized carbons (Fsp3) is 0.0667. The van der Waals surface area contributed by atoms with E-state index in [4.69, 9.17) is 4.42 Å². The Kier molecular flexibility index (Phi) is 3.78. The molecule has 22 heavy (non-hydrogen) atoms. The molecule has 3 aromatic rings. The third-order valence-corrected chi connectivity index (χ3v) is 2.89. The molecule has 3 aromatic heterocycles. The molecule has 0 unspecified atom stereocenters. The summed E-state index contributed by atoms with van der Waals surface area (Å²) in [4.78, 5) is 24.3. The molecule has 1 amide bonds. The van der Waals surface area contributed by atoms with E-state index in [1.807, 2.05) is 6.92 Å². The average Bonchev–Trinajstić information content (AvgIpc) is 3.17. The van der Waals surface area contributed by atoms with Crippen LogP contribution < -0.4 is 5.32 Å². The number of nitrogens with zero attached hydrogens (tertiary/aromatic N) is 4. The van der Waals surface area contributed by atoms with Gasteiger partial charge >= 0.3 is 0 Å². The van der Waals surface area contributed by atoms with E-state index in [1.54, 1.807) is 53.8 Å². The molecule has 0 aliphatic rings. The number of anilines is 1. The van der Waals surface area contributed by atoms with Crippen LogP contribution in [0.4, 0.5) is 5.69 Å². The Balaban J connectivity index is 1.66. The van der Waals surface area contributed by atoms with Crippen molar-refractivity contribution < 1.29 is 9.21 Å². The van der Waals surface area contributed by atoms with E-state index in [2.05, 4.69) is 20.3 Å². The van der Waals surface area contributed by atoms with E-state index in [9.17, 15) is 4.79 Å². The van der Waals surface area contributed by atoms with Crippen LogP contribution in [0.25, 0.3) is 12.0 Å². The molecule has 0 bridgehead atoms. The second-order valence-electron chi connectivity index (χ2n) is 4.45. The van der Waals surface area contributed by atoms with Crippen LogP contribution in [0.15, 0.2) is 53.7 Å². The van der Waals surface area contributed by atoms with Gasteiger partial charge in [-0.3, -0.25) is 9.36 Å². The van der Waals surface area contributed by atoms with Gasteiger partial charge in [0.25, 0.3) is 0 Å². The molecular formula is C15H13N5O2. The number of furan rings is 1. The smallest absolute Gasteiger partial charge is 0.248 e. The molecule has 0 saturated heterocycles. The van der Waals surface area contributed by atoms with Gasteiger partial charge in [0.15, 0.2) is 0 Å². The van der Waals surface area contributed by atoms with E-state index in [0.717, 1.165) is 5.82 Å². The maximum atomic E-state index is 11.8. The number of carbonyl (C=O) groups excluding carboxylic acids is 1. The Hall–Kier alpha value is -3.22. The van der Waals surface area contributed by atoms with Gasteiger partial charge in [0, 0.05) is 18.5 Å². The number of nitrogens with one attached hydrogen (secondary N) is 1. The predicted octanol–water partition coefficient (Wildman–Crippen LogP) is 2.22. The first-order chi connectivity index (χ1) is 10.7. The van der Waals surface area contributed by atoms with Crippen LogP contribution in [0, 0.1) is 6.92 Å². The number of imidazole rings is 1. The Morgan fingerprint density at radius 3 is 2.77 bits per heavy atom. The van der Waals surface area contributed by atoms with E-state index >= 15 is 0 Å². The molecule has 7 heteroatoms. The standard InChI is InChI=1S/C15H13N5O2/c1-11-16-6-7-20(11)15-17-9-12(10-18-15)19-14(21)5-4-13-3-2-8-22-13/h2-10H,1H3,(H,19,21)/b5-4+. The van der Waals surface area contributed by atoms with Crippen LogP contribution >= 0.6 is 0 Å². The number of amides is 1. The van der Waals surface area contributed by atoms with Gasteiger partial charge in [-0.05, 0) is 25.1 Å². The number of hydrogen-bond donors (Lipinski definition) is 1. The highest BCUT2D eigenvalue weighted by Crippen LogP contribution is 2.08. The van der Waals surface area contributed by atoms with Gasteiger partial charge in [-0.2, -0.15) is 0 Å². The maximum Gasteiger partial charge on any atom is 0.248 e. The van der Waals surface area contributed by atoms with Crippen molar-refractivity contribution in [3.05, 3.63) is 60.8 Å². The van der Waals surface area contributed by atoms with Crippen molar-refractivity contribution in [2.45, 2.75) is 6.92 Å². The molecule has 110 valence electrons. The van der Waals surface area contributed by atoms with E-state index in [-0.39, 0.29) is 5.91 Å². The van der Waals surface area contributed by atoms with Crippen molar-refractivity contribution in [1.29, 1.82) is 0 Å². The normalized spacial score (nSPS) is 11.0. The fourth-order valence-corrected chi connectivity index (χ4v) is 1.83. The lowest BCUT2D eigenvalue weighted by Gasteiger charge is -2.04. The van der Waals surface area contributed by atoms with Gasteiger partial charge in [0.1, 0.15) is 11.6 Å². The second kappa shape index (κ2) is 6.04. The molecule has 0 radical (unpaired) electrons. The van der Waals surface area contributed by atoms with Crippen molar-refractivity contribution >= 4 is 17.7 Å². The second-order valence-corrected chi connectivity index (χ2v) is 4.45. The Morgan fingerprint density at radius 1 is 1.32 bits per heavy atom. The van der Waals surface area contributed by atoms with Crippen molar-refractivity contribution in [3.63, 3.8) is 0 Å². The largest absolute Gasteiger partial charge is 0.465 e. The molecular weight excluding hydrogens is 282 g/mol. The van der Waals surface area contributed by atoms with Crippen LogP contribution in [-0.4, -0.2) is 25.4 Å². The first kappa shape index (κ1) is 13.7. The Labute approximate surface area is 126 Å². The zero-order valence-electron chi connectivity index (χ0n) is 11.8. The first-order valence-electron chi connectivity index (χ1n) is 6.57. The molecule has 3 rings (SSSR count). The zero-order valence-corrected chi connectivity index (χ0v) is 11.8. The van der Waals surface area contributed by atoms with Crippen molar-refractivity contribution in [3.8, 4) is 5.95 Å². The van der Waals surface area contributed by atoms with Crippen LogP contribution in [0.5, 0.6) is 0 Å². The Bertz CT molecular complexity index is 788. The number of hydrogen-bond acceptors (Lipinski definition) is 5. The van der Waals surface area contributed by atoms with Crippen LogP contribution in [0.3, 0.4) is 0 Å². The SMILES string of the molecule is Cc1nccn1-c1ncc(NC(=O)/C=C/c2ccco2)cn1. The topological polar surface area (TPSA) is 85.8 Å². The summed E-state index contributed by atoms with van der Waals surface area (Å²) in [6.45, 7) is 1.86. The Morgan fingerprint density at radius 2 is 2.14 bits per heavy atom. The molecule has 0 spiro atoms. The van der Waals surface area contributed by atoms with Crippen molar-refractivity contribution in [2.75, 3.05) is 5.32 Å². The first-order valence-corrected chi connectivity index (χ1v) is 6.57. The summed E-state index contributed by atoms with van der Waals surface area (Å²) in [5, 5.41) is 2.67. The maximum absolute atomic E-state index is 11.8. The molecule has 0 saturated carbocycles. The molecule has 0 aliphatic carbocycles. The average molecular weight is 295 g/mol. The third-order valence-electron chi connectivity index (χ3n) is 2.89. The molecule has 7 nitrogen and oxygen atoms in total. The summed E-state index contributed by atoms with van der Waals surface area (Å²) in [5.74, 6) is 1.61.